The van der Waals surface area contributed by atoms with E-state index in [-0.39, 0.29) is 6.42 Å². The SMILES string of the molecule is O=C(Cc1csc(-c2ccsc2)n1)OCC(=O)c1cc(F)ccc1F. The number of hydrogen-bond acceptors (Lipinski definition) is 6. The van der Waals surface area contributed by atoms with Crippen LogP contribution in [0.2, 0.25) is 0 Å². The molecule has 25 heavy (non-hydrogen) atoms. The summed E-state index contributed by atoms with van der Waals surface area (Å²) < 4.78 is 31.4. The minimum Gasteiger partial charge on any atom is -0.457 e. The highest BCUT2D eigenvalue weighted by molar-refractivity contribution is 7.14. The van der Waals surface area contributed by atoms with Crippen molar-refractivity contribution in [2.75, 3.05) is 6.61 Å². The monoisotopic (exact) mass is 379 g/mol. The minimum absolute atomic E-state index is 0.0977. The smallest absolute Gasteiger partial charge is 0.312 e. The van der Waals surface area contributed by atoms with Crippen LogP contribution in [0.1, 0.15) is 16.1 Å². The lowest BCUT2D eigenvalue weighted by Crippen LogP contribution is -2.17. The number of benzene rings is 1. The summed E-state index contributed by atoms with van der Waals surface area (Å²) >= 11 is 2.95. The first-order valence-corrected chi connectivity index (χ1v) is 8.96. The molecule has 128 valence electrons. The Balaban J connectivity index is 1.56. The molecule has 4 nitrogen and oxygen atoms in total. The fourth-order valence-corrected chi connectivity index (χ4v) is 3.57. The molecule has 0 amide bonds. The van der Waals surface area contributed by atoms with Crippen molar-refractivity contribution in [2.45, 2.75) is 6.42 Å². The molecule has 2 heterocycles. The van der Waals surface area contributed by atoms with Gasteiger partial charge in [-0.15, -0.1) is 11.3 Å². The average Bonchev–Trinajstić information content (AvgIpc) is 3.26. The van der Waals surface area contributed by atoms with Crippen LogP contribution in [0.25, 0.3) is 10.6 Å². The van der Waals surface area contributed by atoms with Crippen molar-refractivity contribution in [1.82, 2.24) is 4.98 Å². The van der Waals surface area contributed by atoms with E-state index in [1.165, 1.54) is 11.3 Å². The lowest BCUT2D eigenvalue weighted by molar-refractivity contribution is -0.141. The van der Waals surface area contributed by atoms with Gasteiger partial charge in [0.1, 0.15) is 16.6 Å². The number of thiophene rings is 1. The Bertz CT molecular complexity index is 907. The van der Waals surface area contributed by atoms with E-state index >= 15 is 0 Å². The molecule has 2 aromatic heterocycles. The predicted octanol–water partition coefficient (Wildman–Crippen LogP) is 4.12. The Labute approximate surface area is 149 Å². The van der Waals surface area contributed by atoms with Gasteiger partial charge >= 0.3 is 5.97 Å². The number of esters is 1. The first-order chi connectivity index (χ1) is 12.0. The molecule has 0 unspecified atom stereocenters. The lowest BCUT2D eigenvalue weighted by Gasteiger charge is -2.04. The summed E-state index contributed by atoms with van der Waals surface area (Å²) in [5.41, 5.74) is 1.06. The molecular formula is C17H11F2NO3S2. The number of hydrogen-bond donors (Lipinski definition) is 0. The Morgan fingerprint density at radius 2 is 2.00 bits per heavy atom. The first-order valence-electron chi connectivity index (χ1n) is 7.14. The van der Waals surface area contributed by atoms with Gasteiger partial charge in [-0.1, -0.05) is 0 Å². The van der Waals surface area contributed by atoms with E-state index in [0.717, 1.165) is 28.8 Å². The molecule has 0 fully saturated rings. The number of nitrogens with zero attached hydrogens (tertiary/aromatic N) is 1. The topological polar surface area (TPSA) is 56.3 Å². The summed E-state index contributed by atoms with van der Waals surface area (Å²) in [5.74, 6) is -3.06. The number of ether oxygens (including phenoxy) is 1. The minimum atomic E-state index is -0.859. The number of thiazole rings is 1. The number of rotatable bonds is 6. The summed E-state index contributed by atoms with van der Waals surface area (Å²) in [6, 6.07) is 4.47. The molecule has 0 bridgehead atoms. The Morgan fingerprint density at radius 3 is 2.76 bits per heavy atom. The van der Waals surface area contributed by atoms with Crippen LogP contribution in [0.5, 0.6) is 0 Å². The normalized spacial score (nSPS) is 10.6. The van der Waals surface area contributed by atoms with Crippen LogP contribution in [0, 0.1) is 11.6 Å². The van der Waals surface area contributed by atoms with Gasteiger partial charge in [-0.05, 0) is 29.6 Å². The van der Waals surface area contributed by atoms with E-state index < -0.39 is 35.6 Å². The van der Waals surface area contributed by atoms with Crippen LogP contribution in [0.3, 0.4) is 0 Å². The second-order valence-corrected chi connectivity index (χ2v) is 6.68. The molecule has 1 aromatic carbocycles. The van der Waals surface area contributed by atoms with E-state index in [4.69, 9.17) is 4.74 Å². The van der Waals surface area contributed by atoms with Crippen LogP contribution in [0.15, 0.2) is 40.4 Å². The van der Waals surface area contributed by atoms with Gasteiger partial charge in [0, 0.05) is 16.3 Å². The van der Waals surface area contributed by atoms with Crippen molar-refractivity contribution in [3.05, 3.63) is 63.3 Å². The summed E-state index contributed by atoms with van der Waals surface area (Å²) in [6.07, 6.45) is -0.0977. The molecule has 0 aliphatic rings. The molecule has 0 atom stereocenters. The highest BCUT2D eigenvalue weighted by atomic mass is 32.1. The van der Waals surface area contributed by atoms with Gasteiger partial charge in [-0.25, -0.2) is 13.8 Å². The number of carbonyl (C=O) groups excluding carboxylic acids is 2. The maximum Gasteiger partial charge on any atom is 0.312 e. The van der Waals surface area contributed by atoms with Crippen LogP contribution < -0.4 is 0 Å². The third-order valence-electron chi connectivity index (χ3n) is 3.24. The Kier molecular flexibility index (Phi) is 5.30. The van der Waals surface area contributed by atoms with Gasteiger partial charge in [0.05, 0.1) is 17.7 Å². The molecule has 8 heteroatoms. The Morgan fingerprint density at radius 1 is 1.16 bits per heavy atom. The summed E-state index contributed by atoms with van der Waals surface area (Å²) in [5, 5.41) is 6.42. The second kappa shape index (κ2) is 7.62. The summed E-state index contributed by atoms with van der Waals surface area (Å²) in [4.78, 5) is 28.0. The highest BCUT2D eigenvalue weighted by Gasteiger charge is 2.16. The van der Waals surface area contributed by atoms with Gasteiger partial charge in [-0.3, -0.25) is 9.59 Å². The molecule has 0 radical (unpaired) electrons. The molecular weight excluding hydrogens is 368 g/mol. The summed E-state index contributed by atoms with van der Waals surface area (Å²) in [6.45, 7) is -0.652. The van der Waals surface area contributed by atoms with Gasteiger partial charge in [0.2, 0.25) is 5.78 Å². The molecule has 0 N–H and O–H groups in total. The van der Waals surface area contributed by atoms with Crippen LogP contribution in [-0.2, 0) is 16.0 Å². The third-order valence-corrected chi connectivity index (χ3v) is 4.86. The quantitative estimate of drug-likeness (QED) is 0.478. The Hall–Kier alpha value is -2.45. The van der Waals surface area contributed by atoms with E-state index in [1.807, 2.05) is 16.8 Å². The fraction of sp³-hybridized carbons (Fsp3) is 0.118. The number of carbonyl (C=O) groups is 2. The van der Waals surface area contributed by atoms with Crippen molar-refractivity contribution < 1.29 is 23.1 Å². The number of ketones is 1. The van der Waals surface area contributed by atoms with Crippen LogP contribution in [-0.4, -0.2) is 23.3 Å². The van der Waals surface area contributed by atoms with Crippen molar-refractivity contribution in [1.29, 1.82) is 0 Å². The molecule has 0 spiro atoms. The average molecular weight is 379 g/mol. The number of halogens is 2. The van der Waals surface area contributed by atoms with Gasteiger partial charge in [-0.2, -0.15) is 11.3 Å². The lowest BCUT2D eigenvalue weighted by atomic mass is 10.1. The predicted molar refractivity (Wildman–Crippen MR) is 90.8 cm³/mol. The van der Waals surface area contributed by atoms with Crippen LogP contribution in [0.4, 0.5) is 8.78 Å². The van der Waals surface area contributed by atoms with E-state index in [2.05, 4.69) is 4.98 Å². The highest BCUT2D eigenvalue weighted by Crippen LogP contribution is 2.25. The largest absolute Gasteiger partial charge is 0.457 e. The molecule has 3 rings (SSSR count). The first kappa shape index (κ1) is 17.4. The zero-order valence-corrected chi connectivity index (χ0v) is 14.3. The van der Waals surface area contributed by atoms with Crippen molar-refractivity contribution in [3.8, 4) is 10.6 Å². The zero-order chi connectivity index (χ0) is 17.8. The maximum atomic E-state index is 13.5. The molecule has 3 aromatic rings. The van der Waals surface area contributed by atoms with Gasteiger partial charge < -0.3 is 4.74 Å². The maximum absolute atomic E-state index is 13.5. The van der Waals surface area contributed by atoms with E-state index in [0.29, 0.717) is 5.69 Å². The van der Waals surface area contributed by atoms with Crippen LogP contribution >= 0.6 is 22.7 Å². The molecule has 0 saturated carbocycles. The van der Waals surface area contributed by atoms with Gasteiger partial charge in [0.15, 0.2) is 6.61 Å². The molecule has 0 aliphatic heterocycles. The van der Waals surface area contributed by atoms with Gasteiger partial charge in [0.25, 0.3) is 0 Å². The second-order valence-electron chi connectivity index (χ2n) is 5.04. The van der Waals surface area contributed by atoms with E-state index in [9.17, 15) is 18.4 Å². The standard InChI is InChI=1S/C17H11F2NO3S2/c18-11-1-2-14(19)13(5-11)15(21)7-23-16(22)6-12-9-25-17(20-12)10-3-4-24-8-10/h1-5,8-9H,6-7H2. The molecule has 0 saturated heterocycles. The number of aromatic nitrogens is 1. The number of Topliss-reactive ketones (excluding diaryl/α,β-unsaturated/α-hetero) is 1. The summed E-state index contributed by atoms with van der Waals surface area (Å²) in [7, 11) is 0. The molecule has 0 aliphatic carbocycles. The van der Waals surface area contributed by atoms with Crippen molar-refractivity contribution in [3.63, 3.8) is 0 Å². The zero-order valence-electron chi connectivity index (χ0n) is 12.7. The fourth-order valence-electron chi connectivity index (χ4n) is 2.04. The third kappa shape index (κ3) is 4.34. The van der Waals surface area contributed by atoms with E-state index in [1.54, 1.807) is 16.7 Å². The van der Waals surface area contributed by atoms with Crippen molar-refractivity contribution in [2.24, 2.45) is 0 Å². The van der Waals surface area contributed by atoms with Crippen molar-refractivity contribution >= 4 is 34.4 Å².